The molecule has 1 fully saturated rings. The van der Waals surface area contributed by atoms with E-state index in [-0.39, 0.29) is 11.2 Å². The van der Waals surface area contributed by atoms with Gasteiger partial charge in [0.1, 0.15) is 0 Å². The molecular formula is C16H24O2S. The summed E-state index contributed by atoms with van der Waals surface area (Å²) in [6, 6.07) is 8.00. The van der Waals surface area contributed by atoms with Gasteiger partial charge in [-0.25, -0.2) is 8.42 Å². The molecule has 3 heteroatoms. The normalized spacial score (nSPS) is 17.2. The van der Waals surface area contributed by atoms with Gasteiger partial charge in [0, 0.05) is 0 Å². The SMILES string of the molecule is CC(C)(C)c1cccc(CS(=O)(=O)CC2CCC2)c1. The van der Waals surface area contributed by atoms with Crippen molar-refractivity contribution in [3.05, 3.63) is 35.4 Å². The van der Waals surface area contributed by atoms with Gasteiger partial charge in [0.05, 0.1) is 11.5 Å². The lowest BCUT2D eigenvalue weighted by Gasteiger charge is -2.25. The van der Waals surface area contributed by atoms with Crippen molar-refractivity contribution in [1.82, 2.24) is 0 Å². The van der Waals surface area contributed by atoms with Crippen LogP contribution in [0.4, 0.5) is 0 Å². The van der Waals surface area contributed by atoms with Crippen molar-refractivity contribution in [1.29, 1.82) is 0 Å². The lowest BCUT2D eigenvalue weighted by Crippen LogP contribution is -2.23. The molecule has 0 radical (unpaired) electrons. The highest BCUT2D eigenvalue weighted by Gasteiger charge is 2.25. The Bertz CT molecular complexity index is 534. The van der Waals surface area contributed by atoms with Gasteiger partial charge in [-0.1, -0.05) is 51.5 Å². The Kier molecular flexibility index (Phi) is 4.05. The van der Waals surface area contributed by atoms with E-state index in [9.17, 15) is 8.42 Å². The van der Waals surface area contributed by atoms with Crippen LogP contribution in [-0.4, -0.2) is 14.2 Å². The Morgan fingerprint density at radius 1 is 1.21 bits per heavy atom. The van der Waals surface area contributed by atoms with Gasteiger partial charge in [-0.3, -0.25) is 0 Å². The average Bonchev–Trinajstić information content (AvgIpc) is 2.22. The van der Waals surface area contributed by atoms with Gasteiger partial charge < -0.3 is 0 Å². The fraction of sp³-hybridized carbons (Fsp3) is 0.625. The molecule has 0 bridgehead atoms. The highest BCUT2D eigenvalue weighted by Crippen LogP contribution is 2.29. The van der Waals surface area contributed by atoms with E-state index < -0.39 is 9.84 Å². The third kappa shape index (κ3) is 4.07. The van der Waals surface area contributed by atoms with E-state index in [1.807, 2.05) is 18.2 Å². The molecule has 1 aromatic rings. The Labute approximate surface area is 117 Å². The second-order valence-corrected chi connectivity index (χ2v) is 8.91. The van der Waals surface area contributed by atoms with Gasteiger partial charge in [0.2, 0.25) is 0 Å². The van der Waals surface area contributed by atoms with Gasteiger partial charge in [-0.15, -0.1) is 0 Å². The minimum Gasteiger partial charge on any atom is -0.228 e. The number of hydrogen-bond donors (Lipinski definition) is 0. The zero-order chi connectivity index (χ0) is 14.1. The summed E-state index contributed by atoms with van der Waals surface area (Å²) in [5.74, 6) is 0.968. The van der Waals surface area contributed by atoms with Gasteiger partial charge in [0.25, 0.3) is 0 Å². The maximum atomic E-state index is 12.2. The molecule has 19 heavy (non-hydrogen) atoms. The van der Waals surface area contributed by atoms with Crippen LogP contribution >= 0.6 is 0 Å². The molecule has 1 aromatic carbocycles. The molecule has 1 aliphatic rings. The maximum absolute atomic E-state index is 12.2. The lowest BCUT2D eigenvalue weighted by molar-refractivity contribution is 0.347. The molecule has 1 aliphatic carbocycles. The van der Waals surface area contributed by atoms with Crippen molar-refractivity contribution >= 4 is 9.84 Å². The molecule has 0 saturated heterocycles. The lowest BCUT2D eigenvalue weighted by atomic mass is 9.86. The van der Waals surface area contributed by atoms with Crippen LogP contribution in [0.2, 0.25) is 0 Å². The van der Waals surface area contributed by atoms with Crippen LogP contribution < -0.4 is 0 Å². The molecule has 0 heterocycles. The van der Waals surface area contributed by atoms with Crippen LogP contribution in [0.15, 0.2) is 24.3 Å². The Morgan fingerprint density at radius 3 is 2.42 bits per heavy atom. The van der Waals surface area contributed by atoms with Gasteiger partial charge in [-0.05, 0) is 35.3 Å². The van der Waals surface area contributed by atoms with Crippen molar-refractivity contribution < 1.29 is 8.42 Å². The fourth-order valence-electron chi connectivity index (χ4n) is 2.46. The first-order valence-electron chi connectivity index (χ1n) is 7.06. The highest BCUT2D eigenvalue weighted by atomic mass is 32.2. The van der Waals surface area contributed by atoms with Crippen LogP contribution in [0.3, 0.4) is 0 Å². The van der Waals surface area contributed by atoms with Crippen LogP contribution in [0.5, 0.6) is 0 Å². The number of rotatable bonds is 4. The third-order valence-corrected chi connectivity index (χ3v) is 5.65. The summed E-state index contributed by atoms with van der Waals surface area (Å²) in [5, 5.41) is 0. The standard InChI is InChI=1S/C16H24O2S/c1-16(2,3)15-9-5-8-14(10-15)12-19(17,18)11-13-6-4-7-13/h5,8-10,13H,4,6-7,11-12H2,1-3H3. The number of sulfone groups is 1. The Hall–Kier alpha value is -0.830. The van der Waals surface area contributed by atoms with Crippen LogP contribution in [0.25, 0.3) is 0 Å². The smallest absolute Gasteiger partial charge is 0.154 e. The molecular weight excluding hydrogens is 256 g/mol. The predicted molar refractivity (Wildman–Crippen MR) is 80.0 cm³/mol. The molecule has 106 valence electrons. The highest BCUT2D eigenvalue weighted by molar-refractivity contribution is 7.90. The number of hydrogen-bond acceptors (Lipinski definition) is 2. The summed E-state index contributed by atoms with van der Waals surface area (Å²) in [6.07, 6.45) is 3.36. The summed E-state index contributed by atoms with van der Waals surface area (Å²) in [4.78, 5) is 0. The monoisotopic (exact) mass is 280 g/mol. The molecule has 0 atom stereocenters. The first-order chi connectivity index (χ1) is 8.76. The maximum Gasteiger partial charge on any atom is 0.154 e. The summed E-state index contributed by atoms with van der Waals surface area (Å²) >= 11 is 0. The zero-order valence-electron chi connectivity index (χ0n) is 12.1. The molecule has 2 rings (SSSR count). The molecule has 0 spiro atoms. The summed E-state index contributed by atoms with van der Waals surface area (Å²) in [7, 11) is -2.96. The van der Waals surface area contributed by atoms with Crippen molar-refractivity contribution in [3.63, 3.8) is 0 Å². The topological polar surface area (TPSA) is 34.1 Å². The molecule has 0 aliphatic heterocycles. The predicted octanol–water partition coefficient (Wildman–Crippen LogP) is 3.70. The average molecular weight is 280 g/mol. The largest absolute Gasteiger partial charge is 0.228 e. The van der Waals surface area contributed by atoms with Gasteiger partial charge >= 0.3 is 0 Å². The van der Waals surface area contributed by atoms with Gasteiger partial charge in [-0.2, -0.15) is 0 Å². The second-order valence-electron chi connectivity index (χ2n) is 6.80. The minimum absolute atomic E-state index is 0.0632. The van der Waals surface area contributed by atoms with E-state index in [0.29, 0.717) is 11.7 Å². The van der Waals surface area contributed by atoms with Crippen LogP contribution in [0, 0.1) is 5.92 Å². The quantitative estimate of drug-likeness (QED) is 0.842. The minimum atomic E-state index is -2.96. The summed E-state index contributed by atoms with van der Waals surface area (Å²) in [5.41, 5.74) is 2.18. The summed E-state index contributed by atoms with van der Waals surface area (Å²) in [6.45, 7) is 6.44. The number of benzene rings is 1. The van der Waals surface area contributed by atoms with E-state index in [2.05, 4.69) is 26.8 Å². The molecule has 0 N–H and O–H groups in total. The molecule has 0 unspecified atom stereocenters. The summed E-state index contributed by atoms with van der Waals surface area (Å²) < 4.78 is 24.3. The van der Waals surface area contributed by atoms with Gasteiger partial charge in [0.15, 0.2) is 9.84 Å². The molecule has 0 aromatic heterocycles. The van der Waals surface area contributed by atoms with Crippen LogP contribution in [-0.2, 0) is 21.0 Å². The second kappa shape index (κ2) is 5.28. The molecule has 1 saturated carbocycles. The van der Waals surface area contributed by atoms with Crippen molar-refractivity contribution in [2.45, 2.75) is 51.2 Å². The van der Waals surface area contributed by atoms with Crippen LogP contribution in [0.1, 0.15) is 51.2 Å². The Morgan fingerprint density at radius 2 is 1.89 bits per heavy atom. The van der Waals surface area contributed by atoms with Crippen molar-refractivity contribution in [3.8, 4) is 0 Å². The van der Waals surface area contributed by atoms with E-state index in [4.69, 9.17) is 0 Å². The first kappa shape index (κ1) is 14.6. The first-order valence-corrected chi connectivity index (χ1v) is 8.88. The van der Waals surface area contributed by atoms with E-state index in [1.54, 1.807) is 0 Å². The zero-order valence-corrected chi connectivity index (χ0v) is 13.0. The third-order valence-electron chi connectivity index (χ3n) is 3.89. The van der Waals surface area contributed by atoms with E-state index in [0.717, 1.165) is 18.4 Å². The molecule has 2 nitrogen and oxygen atoms in total. The fourth-order valence-corrected chi connectivity index (χ4v) is 4.32. The molecule has 0 amide bonds. The Balaban J connectivity index is 2.10. The van der Waals surface area contributed by atoms with E-state index >= 15 is 0 Å². The van der Waals surface area contributed by atoms with Crippen molar-refractivity contribution in [2.24, 2.45) is 5.92 Å². The van der Waals surface area contributed by atoms with E-state index in [1.165, 1.54) is 12.0 Å². The van der Waals surface area contributed by atoms with Crippen molar-refractivity contribution in [2.75, 3.05) is 5.75 Å².